The van der Waals surface area contributed by atoms with E-state index in [1.54, 1.807) is 0 Å². The number of nitrogens with one attached hydrogen (secondary N) is 1. The van der Waals surface area contributed by atoms with E-state index in [9.17, 15) is 13.2 Å². The number of carbonyl (C=O) groups is 1. The number of likely N-dealkylation sites (tertiary alicyclic amines) is 1. The van der Waals surface area contributed by atoms with E-state index in [4.69, 9.17) is 4.55 Å². The minimum atomic E-state index is -4.40. The van der Waals surface area contributed by atoms with E-state index in [0.717, 1.165) is 12.8 Å². The normalized spacial score (nSPS) is 17.9. The highest BCUT2D eigenvalue weighted by Gasteiger charge is 2.20. The number of hydrogen-bond acceptors (Lipinski definition) is 3. The third-order valence-electron chi connectivity index (χ3n) is 1.61. The van der Waals surface area contributed by atoms with E-state index in [1.165, 1.54) is 9.62 Å². The van der Waals surface area contributed by atoms with Crippen LogP contribution in [0.4, 0.5) is 4.79 Å². The second-order valence-corrected chi connectivity index (χ2v) is 3.73. The Morgan fingerprint density at radius 2 is 1.83 bits per heavy atom. The van der Waals surface area contributed by atoms with E-state index in [0.29, 0.717) is 13.1 Å². The lowest BCUT2D eigenvalue weighted by molar-refractivity contribution is 0.214. The molecule has 0 bridgehead atoms. The molecule has 0 aliphatic carbocycles. The molecule has 2 N–H and O–H groups in total. The summed E-state index contributed by atoms with van der Waals surface area (Å²) in [7, 11) is -4.40. The molecular formula is C5H10N2O4S. The first-order valence-electron chi connectivity index (χ1n) is 3.53. The predicted molar refractivity (Wildman–Crippen MR) is 40.9 cm³/mol. The molecule has 0 atom stereocenters. The maximum absolute atomic E-state index is 10.9. The molecule has 0 aromatic rings. The second kappa shape index (κ2) is 3.28. The molecule has 0 radical (unpaired) electrons. The standard InChI is InChI=1S/C5H10N2O4S/c8-5(6-12(9,10)11)7-3-1-2-4-7/h1-4H2,(H,6,8)(H,9,10,11). The Kier molecular flexibility index (Phi) is 2.53. The first-order valence-corrected chi connectivity index (χ1v) is 4.97. The van der Waals surface area contributed by atoms with Crippen LogP contribution in [0.1, 0.15) is 12.8 Å². The molecule has 0 aromatic carbocycles. The summed E-state index contributed by atoms with van der Waals surface area (Å²) in [6.45, 7) is 1.09. The minimum Gasteiger partial charge on any atom is -0.324 e. The molecule has 6 nitrogen and oxygen atoms in total. The Hall–Kier alpha value is -0.820. The fraction of sp³-hybridized carbons (Fsp3) is 0.800. The monoisotopic (exact) mass is 194 g/mol. The summed E-state index contributed by atoms with van der Waals surface area (Å²) >= 11 is 0. The number of amides is 2. The number of nitrogens with zero attached hydrogens (tertiary/aromatic N) is 1. The van der Waals surface area contributed by atoms with E-state index >= 15 is 0 Å². The highest BCUT2D eigenvalue weighted by molar-refractivity contribution is 7.84. The van der Waals surface area contributed by atoms with Gasteiger partial charge in [0, 0.05) is 13.1 Å². The van der Waals surface area contributed by atoms with Crippen molar-refractivity contribution in [1.82, 2.24) is 9.62 Å². The molecule has 1 heterocycles. The van der Waals surface area contributed by atoms with Gasteiger partial charge >= 0.3 is 16.3 Å². The van der Waals surface area contributed by atoms with E-state index in [2.05, 4.69) is 0 Å². The first kappa shape index (κ1) is 9.27. The lowest BCUT2D eigenvalue weighted by Gasteiger charge is -2.13. The van der Waals surface area contributed by atoms with Crippen LogP contribution in [0.25, 0.3) is 0 Å². The maximum Gasteiger partial charge on any atom is 0.361 e. The van der Waals surface area contributed by atoms with Crippen molar-refractivity contribution >= 4 is 16.3 Å². The van der Waals surface area contributed by atoms with Crippen molar-refractivity contribution in [2.75, 3.05) is 13.1 Å². The van der Waals surface area contributed by atoms with Gasteiger partial charge in [0.25, 0.3) is 0 Å². The van der Waals surface area contributed by atoms with Gasteiger partial charge in [0.15, 0.2) is 0 Å². The van der Waals surface area contributed by atoms with E-state index < -0.39 is 16.3 Å². The zero-order valence-corrected chi connectivity index (χ0v) is 7.17. The van der Waals surface area contributed by atoms with Crippen LogP contribution in [0.15, 0.2) is 0 Å². The molecule has 1 saturated heterocycles. The van der Waals surface area contributed by atoms with Gasteiger partial charge in [-0.05, 0) is 12.8 Å². The summed E-state index contributed by atoms with van der Waals surface area (Å²) in [5, 5.41) is 0. The van der Waals surface area contributed by atoms with Crippen molar-refractivity contribution in [3.63, 3.8) is 0 Å². The van der Waals surface area contributed by atoms with Crippen LogP contribution in [0.2, 0.25) is 0 Å². The summed E-state index contributed by atoms with van der Waals surface area (Å²) in [6.07, 6.45) is 1.75. The molecule has 1 fully saturated rings. The zero-order chi connectivity index (χ0) is 9.19. The second-order valence-electron chi connectivity index (χ2n) is 2.58. The average molecular weight is 194 g/mol. The third-order valence-corrected chi connectivity index (χ3v) is 2.04. The van der Waals surface area contributed by atoms with Gasteiger partial charge in [-0.25, -0.2) is 9.52 Å². The molecule has 7 heteroatoms. The van der Waals surface area contributed by atoms with Crippen LogP contribution in [0.3, 0.4) is 0 Å². The lowest BCUT2D eigenvalue weighted by atomic mass is 10.4. The molecule has 12 heavy (non-hydrogen) atoms. The highest BCUT2D eigenvalue weighted by Crippen LogP contribution is 2.06. The Morgan fingerprint density at radius 1 is 1.33 bits per heavy atom. The van der Waals surface area contributed by atoms with Gasteiger partial charge < -0.3 is 4.90 Å². The summed E-state index contributed by atoms with van der Waals surface area (Å²) in [6, 6.07) is -0.755. The Bertz CT molecular complexity index is 267. The Balaban J connectivity index is 2.48. The molecule has 1 aliphatic heterocycles. The number of hydrogen-bond donors (Lipinski definition) is 2. The molecule has 0 aromatic heterocycles. The van der Waals surface area contributed by atoms with Crippen molar-refractivity contribution in [3.05, 3.63) is 0 Å². The van der Waals surface area contributed by atoms with Gasteiger partial charge in [-0.3, -0.25) is 4.55 Å². The van der Waals surface area contributed by atoms with Crippen LogP contribution in [-0.4, -0.2) is 37.0 Å². The van der Waals surface area contributed by atoms with Gasteiger partial charge in [0.05, 0.1) is 0 Å². The molecule has 1 rings (SSSR count). The maximum atomic E-state index is 10.9. The van der Waals surface area contributed by atoms with Crippen molar-refractivity contribution in [2.45, 2.75) is 12.8 Å². The predicted octanol–water partition coefficient (Wildman–Crippen LogP) is -0.405. The summed E-state index contributed by atoms with van der Waals surface area (Å²) in [4.78, 5) is 12.3. The summed E-state index contributed by atoms with van der Waals surface area (Å²) in [5.74, 6) is 0. The minimum absolute atomic E-state index is 0.543. The molecule has 2 amide bonds. The number of rotatable bonds is 1. The van der Waals surface area contributed by atoms with Crippen LogP contribution >= 0.6 is 0 Å². The van der Waals surface area contributed by atoms with Gasteiger partial charge in [0.1, 0.15) is 0 Å². The highest BCUT2D eigenvalue weighted by atomic mass is 32.2. The third kappa shape index (κ3) is 2.67. The molecule has 0 unspecified atom stereocenters. The molecule has 0 saturated carbocycles. The molecular weight excluding hydrogens is 184 g/mol. The van der Waals surface area contributed by atoms with Crippen LogP contribution in [-0.2, 0) is 10.3 Å². The van der Waals surface area contributed by atoms with Gasteiger partial charge in [0.2, 0.25) is 0 Å². The van der Waals surface area contributed by atoms with Crippen LogP contribution in [0, 0.1) is 0 Å². The van der Waals surface area contributed by atoms with Gasteiger partial charge in [-0.15, -0.1) is 0 Å². The number of urea groups is 1. The van der Waals surface area contributed by atoms with Gasteiger partial charge in [-0.2, -0.15) is 8.42 Å². The molecule has 70 valence electrons. The average Bonchev–Trinajstić information content (AvgIpc) is 2.32. The zero-order valence-electron chi connectivity index (χ0n) is 6.36. The first-order chi connectivity index (χ1) is 5.49. The van der Waals surface area contributed by atoms with Gasteiger partial charge in [-0.1, -0.05) is 0 Å². The van der Waals surface area contributed by atoms with Crippen molar-refractivity contribution in [1.29, 1.82) is 0 Å². The van der Waals surface area contributed by atoms with Crippen molar-refractivity contribution < 1.29 is 17.8 Å². The fourth-order valence-electron chi connectivity index (χ4n) is 1.10. The smallest absolute Gasteiger partial charge is 0.324 e. The van der Waals surface area contributed by atoms with Crippen LogP contribution in [0.5, 0.6) is 0 Å². The quantitative estimate of drug-likeness (QED) is 0.556. The Morgan fingerprint density at radius 3 is 2.25 bits per heavy atom. The molecule has 0 spiro atoms. The fourth-order valence-corrected chi connectivity index (χ4v) is 1.44. The van der Waals surface area contributed by atoms with Crippen molar-refractivity contribution in [3.8, 4) is 0 Å². The summed E-state index contributed by atoms with van der Waals surface area (Å²) in [5.41, 5.74) is 0. The lowest BCUT2D eigenvalue weighted by Crippen LogP contribution is -2.40. The van der Waals surface area contributed by atoms with Crippen LogP contribution < -0.4 is 4.72 Å². The SMILES string of the molecule is O=C(NS(=O)(=O)O)N1CCCC1. The molecule has 1 aliphatic rings. The van der Waals surface area contributed by atoms with E-state index in [1.807, 2.05) is 0 Å². The van der Waals surface area contributed by atoms with Crippen molar-refractivity contribution in [2.24, 2.45) is 0 Å². The Labute approximate surface area is 70.4 Å². The largest absolute Gasteiger partial charge is 0.361 e. The summed E-state index contributed by atoms with van der Waals surface area (Å²) < 4.78 is 30.1. The number of carbonyl (C=O) groups excluding carboxylic acids is 1. The topological polar surface area (TPSA) is 86.7 Å². The van der Waals surface area contributed by atoms with E-state index in [-0.39, 0.29) is 0 Å².